The average Bonchev–Trinajstić information content (AvgIpc) is 2.25. The summed E-state index contributed by atoms with van der Waals surface area (Å²) in [5.41, 5.74) is 1.58. The molecule has 0 saturated heterocycles. The smallest absolute Gasteiger partial charge is 0.151 e. The van der Waals surface area contributed by atoms with E-state index in [9.17, 15) is 4.79 Å². The molecule has 0 unspecified atom stereocenters. The molecule has 0 aliphatic carbocycles. The van der Waals surface area contributed by atoms with Crippen LogP contribution < -0.4 is 4.90 Å². The van der Waals surface area contributed by atoms with E-state index in [0.29, 0.717) is 10.6 Å². The molecule has 82 valence electrons. The molecule has 1 aromatic carbocycles. The van der Waals surface area contributed by atoms with Crippen LogP contribution in [0, 0.1) is 0 Å². The van der Waals surface area contributed by atoms with Gasteiger partial charge < -0.3 is 4.90 Å². The minimum Gasteiger partial charge on any atom is -0.374 e. The molecule has 0 spiro atoms. The molecule has 0 bridgehead atoms. The number of aldehydes is 1. The molecule has 0 atom stereocenters. The molecule has 1 aromatic rings. The van der Waals surface area contributed by atoms with Gasteiger partial charge in [-0.15, -0.1) is 0 Å². The van der Waals surface area contributed by atoms with Gasteiger partial charge in [0.05, 0.1) is 5.02 Å². The van der Waals surface area contributed by atoms with Crippen molar-refractivity contribution in [2.24, 2.45) is 0 Å². The number of hydrogen-bond acceptors (Lipinski definition) is 3. The largest absolute Gasteiger partial charge is 0.374 e. The summed E-state index contributed by atoms with van der Waals surface area (Å²) in [6.07, 6.45) is 2.85. The van der Waals surface area contributed by atoms with E-state index in [1.165, 1.54) is 0 Å². The monoisotopic (exact) mass is 243 g/mol. The summed E-state index contributed by atoms with van der Waals surface area (Å²) in [5, 5.41) is 0.513. The zero-order chi connectivity index (χ0) is 11.3. The summed E-state index contributed by atoms with van der Waals surface area (Å²) in [4.78, 5) is 12.7. The highest BCUT2D eigenvalue weighted by Crippen LogP contribution is 2.21. The fraction of sp³-hybridized carbons (Fsp3) is 0.364. The first-order chi connectivity index (χ1) is 7.19. The first kappa shape index (κ1) is 12.4. The molecule has 0 aliphatic heterocycles. The van der Waals surface area contributed by atoms with Crippen molar-refractivity contribution in [2.45, 2.75) is 0 Å². The maximum atomic E-state index is 10.6. The van der Waals surface area contributed by atoms with Gasteiger partial charge in [-0.05, 0) is 24.5 Å². The van der Waals surface area contributed by atoms with E-state index in [4.69, 9.17) is 11.6 Å². The second-order valence-corrected chi connectivity index (χ2v) is 4.63. The van der Waals surface area contributed by atoms with E-state index in [1.807, 2.05) is 19.2 Å². The molecule has 0 fully saturated rings. The second kappa shape index (κ2) is 6.03. The van der Waals surface area contributed by atoms with Gasteiger partial charge in [-0.3, -0.25) is 4.79 Å². The van der Waals surface area contributed by atoms with Crippen molar-refractivity contribution >= 4 is 35.3 Å². The lowest BCUT2D eigenvalue weighted by atomic mass is 10.2. The third-order valence-electron chi connectivity index (χ3n) is 2.18. The molecule has 0 saturated carbocycles. The molecule has 0 aliphatic rings. The maximum absolute atomic E-state index is 10.6. The Morgan fingerprint density at radius 3 is 2.80 bits per heavy atom. The van der Waals surface area contributed by atoms with Crippen molar-refractivity contribution in [3.8, 4) is 0 Å². The minimum atomic E-state index is 0.513. The standard InChI is InChI=1S/C11H14ClNOS/c1-13(5-6-15-2)10-4-3-9(8-14)11(12)7-10/h3-4,7-8H,5-6H2,1-2H3. The van der Waals surface area contributed by atoms with E-state index in [0.717, 1.165) is 24.3 Å². The number of anilines is 1. The summed E-state index contributed by atoms with van der Waals surface area (Å²) in [6, 6.07) is 5.49. The van der Waals surface area contributed by atoms with Gasteiger partial charge in [-0.1, -0.05) is 11.6 Å². The van der Waals surface area contributed by atoms with E-state index in [1.54, 1.807) is 17.8 Å². The number of hydrogen-bond donors (Lipinski definition) is 0. The zero-order valence-electron chi connectivity index (χ0n) is 8.87. The van der Waals surface area contributed by atoms with Gasteiger partial charge in [0, 0.05) is 30.6 Å². The Balaban J connectivity index is 2.77. The summed E-state index contributed by atoms with van der Waals surface area (Å²) in [5.74, 6) is 1.07. The van der Waals surface area contributed by atoms with Crippen LogP contribution >= 0.6 is 23.4 Å². The second-order valence-electron chi connectivity index (χ2n) is 3.24. The Bertz CT molecular complexity index is 343. The molecule has 0 amide bonds. The molecule has 1 rings (SSSR count). The summed E-state index contributed by atoms with van der Waals surface area (Å²) < 4.78 is 0. The molecule has 0 radical (unpaired) electrons. The van der Waals surface area contributed by atoms with Crippen molar-refractivity contribution in [1.82, 2.24) is 0 Å². The minimum absolute atomic E-state index is 0.513. The highest BCUT2D eigenvalue weighted by molar-refractivity contribution is 7.98. The number of nitrogens with zero attached hydrogens (tertiary/aromatic N) is 1. The maximum Gasteiger partial charge on any atom is 0.151 e. The number of halogens is 1. The van der Waals surface area contributed by atoms with Gasteiger partial charge in [0.25, 0.3) is 0 Å². The quantitative estimate of drug-likeness (QED) is 0.742. The molecule has 0 heterocycles. The Labute approximate surface area is 99.6 Å². The normalized spacial score (nSPS) is 10.1. The number of benzene rings is 1. The van der Waals surface area contributed by atoms with Crippen molar-refractivity contribution in [3.63, 3.8) is 0 Å². The lowest BCUT2D eigenvalue weighted by Crippen LogP contribution is -2.20. The van der Waals surface area contributed by atoms with Gasteiger partial charge in [0.15, 0.2) is 6.29 Å². The summed E-state index contributed by atoms with van der Waals surface area (Å²) in [6.45, 7) is 0.970. The Morgan fingerprint density at radius 1 is 1.53 bits per heavy atom. The summed E-state index contributed by atoms with van der Waals surface area (Å²) in [7, 11) is 2.02. The van der Waals surface area contributed by atoms with Gasteiger partial charge in [-0.25, -0.2) is 0 Å². The Morgan fingerprint density at radius 2 is 2.27 bits per heavy atom. The van der Waals surface area contributed by atoms with Crippen LogP contribution in [-0.2, 0) is 0 Å². The van der Waals surface area contributed by atoms with Crippen LogP contribution in [0.3, 0.4) is 0 Å². The van der Waals surface area contributed by atoms with Crippen LogP contribution in [0.1, 0.15) is 10.4 Å². The zero-order valence-corrected chi connectivity index (χ0v) is 10.4. The van der Waals surface area contributed by atoms with Crippen LogP contribution in [-0.4, -0.2) is 31.9 Å². The van der Waals surface area contributed by atoms with Crippen molar-refractivity contribution in [2.75, 3.05) is 30.5 Å². The predicted octanol–water partition coefficient (Wildman–Crippen LogP) is 2.95. The number of thioether (sulfide) groups is 1. The van der Waals surface area contributed by atoms with Crippen LogP contribution in [0.25, 0.3) is 0 Å². The first-order valence-electron chi connectivity index (χ1n) is 4.64. The SMILES string of the molecule is CSCCN(C)c1ccc(C=O)c(Cl)c1. The molecule has 2 nitrogen and oxygen atoms in total. The van der Waals surface area contributed by atoms with Crippen molar-refractivity contribution in [3.05, 3.63) is 28.8 Å². The first-order valence-corrected chi connectivity index (χ1v) is 6.41. The molecule has 0 aromatic heterocycles. The fourth-order valence-corrected chi connectivity index (χ4v) is 1.88. The van der Waals surface area contributed by atoms with E-state index < -0.39 is 0 Å². The number of rotatable bonds is 5. The molecular weight excluding hydrogens is 230 g/mol. The molecule has 4 heteroatoms. The Hall–Kier alpha value is -0.670. The van der Waals surface area contributed by atoms with Crippen LogP contribution in [0.2, 0.25) is 5.02 Å². The lowest BCUT2D eigenvalue weighted by molar-refractivity contribution is 0.112. The average molecular weight is 244 g/mol. The highest BCUT2D eigenvalue weighted by Gasteiger charge is 2.04. The number of carbonyl (C=O) groups excluding carboxylic acids is 1. The third-order valence-corrected chi connectivity index (χ3v) is 3.10. The van der Waals surface area contributed by atoms with E-state index >= 15 is 0 Å². The van der Waals surface area contributed by atoms with Crippen LogP contribution in [0.5, 0.6) is 0 Å². The van der Waals surface area contributed by atoms with Gasteiger partial charge in [0.2, 0.25) is 0 Å². The molecule has 15 heavy (non-hydrogen) atoms. The van der Waals surface area contributed by atoms with Crippen molar-refractivity contribution in [1.29, 1.82) is 0 Å². The van der Waals surface area contributed by atoms with Crippen LogP contribution in [0.4, 0.5) is 5.69 Å². The van der Waals surface area contributed by atoms with Crippen molar-refractivity contribution < 1.29 is 4.79 Å². The molecular formula is C11H14ClNOS. The third kappa shape index (κ3) is 3.43. The predicted molar refractivity (Wildman–Crippen MR) is 68.5 cm³/mol. The van der Waals surface area contributed by atoms with Crippen LogP contribution in [0.15, 0.2) is 18.2 Å². The lowest BCUT2D eigenvalue weighted by Gasteiger charge is -2.19. The summed E-state index contributed by atoms with van der Waals surface area (Å²) >= 11 is 7.75. The fourth-order valence-electron chi connectivity index (χ4n) is 1.21. The topological polar surface area (TPSA) is 20.3 Å². The van der Waals surface area contributed by atoms with Gasteiger partial charge >= 0.3 is 0 Å². The Kier molecular flexibility index (Phi) is 4.99. The highest BCUT2D eigenvalue weighted by atomic mass is 35.5. The van der Waals surface area contributed by atoms with Gasteiger partial charge in [0.1, 0.15) is 0 Å². The van der Waals surface area contributed by atoms with E-state index in [2.05, 4.69) is 11.2 Å². The molecule has 0 N–H and O–H groups in total. The number of carbonyl (C=O) groups is 1. The van der Waals surface area contributed by atoms with Gasteiger partial charge in [-0.2, -0.15) is 11.8 Å². The van der Waals surface area contributed by atoms with E-state index in [-0.39, 0.29) is 0 Å².